The number of benzene rings is 2. The van der Waals surface area contributed by atoms with Gasteiger partial charge in [-0.1, -0.05) is 23.8 Å². The highest BCUT2D eigenvalue weighted by Crippen LogP contribution is 2.33. The Kier molecular flexibility index (Phi) is 5.78. The molecule has 1 aliphatic rings. The Labute approximate surface area is 156 Å². The van der Waals surface area contributed by atoms with Gasteiger partial charge in [-0.15, -0.1) is 0 Å². The fraction of sp³-hybridized carbons (Fsp3) is 0.350. The second-order valence-electron chi connectivity index (χ2n) is 6.52. The summed E-state index contributed by atoms with van der Waals surface area (Å²) in [5.74, 6) is 0.181. The number of amides is 2. The molecule has 0 spiro atoms. The Bertz CT molecular complexity index is 792. The van der Waals surface area contributed by atoms with E-state index in [0.29, 0.717) is 6.54 Å². The van der Waals surface area contributed by atoms with E-state index in [1.54, 1.807) is 17.0 Å². The van der Waals surface area contributed by atoms with Crippen molar-refractivity contribution in [1.29, 1.82) is 0 Å². The summed E-state index contributed by atoms with van der Waals surface area (Å²) >= 11 is 0. The van der Waals surface area contributed by atoms with Crippen molar-refractivity contribution in [2.24, 2.45) is 0 Å². The normalized spacial score (nSPS) is 13.4. The molecule has 1 fully saturated rings. The van der Waals surface area contributed by atoms with E-state index in [0.717, 1.165) is 29.7 Å². The summed E-state index contributed by atoms with van der Waals surface area (Å²) in [7, 11) is 1.39. The quantitative estimate of drug-likeness (QED) is 0.755. The number of aryl methyl sites for hydroxylation is 1. The fourth-order valence-corrected chi connectivity index (χ4v) is 2.79. The summed E-state index contributed by atoms with van der Waals surface area (Å²) in [4.78, 5) is 14.5. The molecule has 0 unspecified atom stereocenters. The van der Waals surface area contributed by atoms with Gasteiger partial charge in [0.05, 0.1) is 7.11 Å². The predicted molar refractivity (Wildman–Crippen MR) is 98.4 cm³/mol. The van der Waals surface area contributed by atoms with Gasteiger partial charge >= 0.3 is 12.6 Å². The van der Waals surface area contributed by atoms with Crippen LogP contribution >= 0.6 is 0 Å². The van der Waals surface area contributed by atoms with Crippen LogP contribution in [0, 0.1) is 6.92 Å². The number of nitrogens with zero attached hydrogens (tertiary/aromatic N) is 1. The average Bonchev–Trinajstić information content (AvgIpc) is 3.47. The molecule has 2 aromatic rings. The molecular formula is C20H22F2N2O3. The number of carbonyl (C=O) groups is 1. The number of carbonyl (C=O) groups excluding carboxylic acids is 1. The third-order valence-electron chi connectivity index (χ3n) is 4.35. The third kappa shape index (κ3) is 5.09. The van der Waals surface area contributed by atoms with Crippen molar-refractivity contribution in [3.05, 3.63) is 53.6 Å². The summed E-state index contributed by atoms with van der Waals surface area (Å²) in [6, 6.07) is 12.3. The van der Waals surface area contributed by atoms with Crippen molar-refractivity contribution < 1.29 is 23.0 Å². The molecule has 1 saturated carbocycles. The molecule has 0 bridgehead atoms. The highest BCUT2D eigenvalue weighted by molar-refractivity contribution is 5.89. The number of ether oxygens (including phenoxy) is 2. The number of methoxy groups -OCH3 is 1. The number of anilines is 1. The van der Waals surface area contributed by atoms with Crippen molar-refractivity contribution in [2.75, 3.05) is 12.4 Å². The molecule has 1 N–H and O–H groups in total. The van der Waals surface area contributed by atoms with Crippen molar-refractivity contribution >= 4 is 11.7 Å². The van der Waals surface area contributed by atoms with Gasteiger partial charge in [0.25, 0.3) is 0 Å². The maximum absolute atomic E-state index is 12.7. The molecule has 0 saturated heterocycles. The van der Waals surface area contributed by atoms with Gasteiger partial charge in [0.1, 0.15) is 0 Å². The largest absolute Gasteiger partial charge is 0.493 e. The lowest BCUT2D eigenvalue weighted by molar-refractivity contribution is -0.0512. The van der Waals surface area contributed by atoms with Crippen LogP contribution in [0.2, 0.25) is 0 Å². The molecule has 3 rings (SSSR count). The molecule has 2 amide bonds. The predicted octanol–water partition coefficient (Wildman–Crippen LogP) is 4.80. The van der Waals surface area contributed by atoms with Gasteiger partial charge in [-0.25, -0.2) is 4.79 Å². The molecule has 0 radical (unpaired) electrons. The first kappa shape index (κ1) is 18.9. The van der Waals surface area contributed by atoms with E-state index < -0.39 is 6.61 Å². The van der Waals surface area contributed by atoms with Gasteiger partial charge in [-0.2, -0.15) is 8.78 Å². The van der Waals surface area contributed by atoms with Crippen LogP contribution in [0.4, 0.5) is 19.3 Å². The monoisotopic (exact) mass is 376 g/mol. The van der Waals surface area contributed by atoms with Crippen molar-refractivity contribution in [3.63, 3.8) is 0 Å². The Hall–Kier alpha value is -2.83. The van der Waals surface area contributed by atoms with E-state index >= 15 is 0 Å². The van der Waals surface area contributed by atoms with Crippen molar-refractivity contribution in [3.8, 4) is 11.5 Å². The number of urea groups is 1. The number of rotatable bonds is 7. The summed E-state index contributed by atoms with van der Waals surface area (Å²) in [6.45, 7) is -0.585. The minimum absolute atomic E-state index is 0.0293. The van der Waals surface area contributed by atoms with Crippen LogP contribution in [-0.2, 0) is 6.54 Å². The zero-order valence-electron chi connectivity index (χ0n) is 15.2. The molecule has 0 heterocycles. The second kappa shape index (κ2) is 8.24. The Morgan fingerprint density at radius 3 is 2.48 bits per heavy atom. The topological polar surface area (TPSA) is 50.8 Å². The maximum Gasteiger partial charge on any atom is 0.387 e. The lowest BCUT2D eigenvalue weighted by Crippen LogP contribution is -2.36. The average molecular weight is 376 g/mol. The number of nitrogens with one attached hydrogen (secondary N) is 1. The zero-order valence-corrected chi connectivity index (χ0v) is 15.2. The lowest BCUT2D eigenvalue weighted by atomic mass is 10.2. The first-order chi connectivity index (χ1) is 13.0. The van der Waals surface area contributed by atoms with Gasteiger partial charge in [0.2, 0.25) is 0 Å². The zero-order chi connectivity index (χ0) is 19.4. The van der Waals surface area contributed by atoms with E-state index in [1.165, 1.54) is 13.2 Å². The second-order valence-corrected chi connectivity index (χ2v) is 6.52. The van der Waals surface area contributed by atoms with E-state index in [9.17, 15) is 13.6 Å². The summed E-state index contributed by atoms with van der Waals surface area (Å²) in [6.07, 6.45) is 1.90. The summed E-state index contributed by atoms with van der Waals surface area (Å²) in [5.41, 5.74) is 2.62. The van der Waals surface area contributed by atoms with Gasteiger partial charge in [0.15, 0.2) is 11.5 Å². The molecule has 2 aromatic carbocycles. The standard InChI is InChI=1S/C20H22F2N2O3/c1-13-3-6-15(7-4-13)23-20(25)24(16-8-9-16)12-14-5-10-17(27-19(21)22)18(11-14)26-2/h3-7,10-11,16,19H,8-9,12H2,1-2H3,(H,23,25). The SMILES string of the molecule is COc1cc(CN(C(=O)Nc2ccc(C)cc2)C2CC2)ccc1OC(F)F. The number of alkyl halides is 2. The van der Waals surface area contributed by atoms with Gasteiger partial charge in [0, 0.05) is 18.3 Å². The molecule has 0 atom stereocenters. The van der Waals surface area contributed by atoms with Crippen molar-refractivity contribution in [1.82, 2.24) is 4.90 Å². The van der Waals surface area contributed by atoms with E-state index in [-0.39, 0.29) is 23.6 Å². The molecule has 7 heteroatoms. The Morgan fingerprint density at radius 2 is 1.89 bits per heavy atom. The summed E-state index contributed by atoms with van der Waals surface area (Å²) < 4.78 is 34.5. The van der Waals surface area contributed by atoms with E-state index in [2.05, 4.69) is 10.1 Å². The minimum atomic E-state index is -2.92. The minimum Gasteiger partial charge on any atom is -0.493 e. The van der Waals surface area contributed by atoms with Gasteiger partial charge < -0.3 is 19.7 Å². The third-order valence-corrected chi connectivity index (χ3v) is 4.35. The van der Waals surface area contributed by atoms with Crippen LogP contribution in [0.3, 0.4) is 0 Å². The van der Waals surface area contributed by atoms with Crippen LogP contribution in [0.5, 0.6) is 11.5 Å². The van der Waals surface area contributed by atoms with Gasteiger partial charge in [-0.05, 0) is 49.6 Å². The van der Waals surface area contributed by atoms with Crippen LogP contribution in [0.15, 0.2) is 42.5 Å². The van der Waals surface area contributed by atoms with E-state index in [4.69, 9.17) is 4.74 Å². The smallest absolute Gasteiger partial charge is 0.387 e. The highest BCUT2D eigenvalue weighted by atomic mass is 19.3. The first-order valence-electron chi connectivity index (χ1n) is 8.72. The Morgan fingerprint density at radius 1 is 1.19 bits per heavy atom. The van der Waals surface area contributed by atoms with Crippen LogP contribution in [-0.4, -0.2) is 30.7 Å². The Balaban J connectivity index is 1.72. The molecule has 27 heavy (non-hydrogen) atoms. The van der Waals surface area contributed by atoms with Crippen molar-refractivity contribution in [2.45, 2.75) is 39.0 Å². The molecule has 5 nitrogen and oxygen atoms in total. The molecule has 144 valence electrons. The van der Waals surface area contributed by atoms with Crippen LogP contribution in [0.25, 0.3) is 0 Å². The molecule has 0 aromatic heterocycles. The first-order valence-corrected chi connectivity index (χ1v) is 8.72. The number of halogens is 2. The van der Waals surface area contributed by atoms with Crippen LogP contribution < -0.4 is 14.8 Å². The maximum atomic E-state index is 12.7. The highest BCUT2D eigenvalue weighted by Gasteiger charge is 2.32. The summed E-state index contributed by atoms with van der Waals surface area (Å²) in [5, 5.41) is 2.91. The molecule has 1 aliphatic carbocycles. The van der Waals surface area contributed by atoms with Crippen LogP contribution in [0.1, 0.15) is 24.0 Å². The number of hydrogen-bond acceptors (Lipinski definition) is 3. The lowest BCUT2D eigenvalue weighted by Gasteiger charge is -2.23. The number of hydrogen-bond donors (Lipinski definition) is 1. The fourth-order valence-electron chi connectivity index (χ4n) is 2.79. The van der Waals surface area contributed by atoms with Gasteiger partial charge in [-0.3, -0.25) is 0 Å². The molecular weight excluding hydrogens is 354 g/mol. The van der Waals surface area contributed by atoms with E-state index in [1.807, 2.05) is 31.2 Å². The molecule has 0 aliphatic heterocycles.